The Morgan fingerprint density at radius 2 is 2.14 bits per heavy atom. The number of thiophene rings is 1. The average Bonchev–Trinajstić information content (AvgIpc) is 3.08. The molecule has 21 heavy (non-hydrogen) atoms. The number of hydrogen-bond acceptors (Lipinski definition) is 4. The molecule has 0 unspecified atom stereocenters. The third-order valence-corrected chi connectivity index (χ3v) is 4.04. The third kappa shape index (κ3) is 4.95. The van der Waals surface area contributed by atoms with Crippen molar-refractivity contribution in [2.24, 2.45) is 12.0 Å². The van der Waals surface area contributed by atoms with Crippen LogP contribution in [0, 0.1) is 0 Å². The van der Waals surface area contributed by atoms with Gasteiger partial charge in [0, 0.05) is 19.0 Å². The van der Waals surface area contributed by atoms with Gasteiger partial charge in [0.05, 0.1) is 13.1 Å². The van der Waals surface area contributed by atoms with E-state index in [0.29, 0.717) is 6.54 Å². The van der Waals surface area contributed by atoms with Crippen molar-refractivity contribution >= 4 is 41.3 Å². The number of halogens is 1. The molecule has 8 heteroatoms. The van der Waals surface area contributed by atoms with Crippen molar-refractivity contribution in [3.05, 3.63) is 34.0 Å². The van der Waals surface area contributed by atoms with Gasteiger partial charge in [-0.3, -0.25) is 9.67 Å². The van der Waals surface area contributed by atoms with Crippen LogP contribution in [0.2, 0.25) is 0 Å². The second kappa shape index (κ2) is 8.98. The molecule has 2 aromatic heterocycles. The van der Waals surface area contributed by atoms with Crippen molar-refractivity contribution in [2.45, 2.75) is 26.4 Å². The van der Waals surface area contributed by atoms with Crippen molar-refractivity contribution in [3.63, 3.8) is 0 Å². The van der Waals surface area contributed by atoms with Crippen LogP contribution in [0.15, 0.2) is 22.8 Å². The van der Waals surface area contributed by atoms with Gasteiger partial charge in [-0.25, -0.2) is 4.98 Å². The molecular weight excluding hydrogens is 399 g/mol. The van der Waals surface area contributed by atoms with Crippen LogP contribution in [-0.4, -0.2) is 27.8 Å². The standard InChI is InChI=1S/C13H20N6S.HI/c1-4-10-5-6-20-11(10)7-15-13(14-2)16-8-12-17-9-18-19(12)3;/h5-6,9H,4,7-8H2,1-3H3,(H2,14,15,16);1H. The molecule has 2 N–H and O–H groups in total. The average molecular weight is 420 g/mol. The Morgan fingerprint density at radius 3 is 2.76 bits per heavy atom. The van der Waals surface area contributed by atoms with Crippen LogP contribution < -0.4 is 10.6 Å². The molecule has 6 nitrogen and oxygen atoms in total. The van der Waals surface area contributed by atoms with E-state index in [1.807, 2.05) is 7.05 Å². The van der Waals surface area contributed by atoms with Gasteiger partial charge in [0.1, 0.15) is 12.2 Å². The van der Waals surface area contributed by atoms with Crippen molar-refractivity contribution in [1.82, 2.24) is 25.4 Å². The summed E-state index contributed by atoms with van der Waals surface area (Å²) in [6, 6.07) is 2.18. The molecule has 2 aromatic rings. The van der Waals surface area contributed by atoms with Crippen LogP contribution in [0.5, 0.6) is 0 Å². The molecule has 2 heterocycles. The van der Waals surface area contributed by atoms with Crippen LogP contribution in [0.1, 0.15) is 23.2 Å². The van der Waals surface area contributed by atoms with E-state index in [1.54, 1.807) is 29.4 Å². The Labute approximate surface area is 146 Å². The fourth-order valence-electron chi connectivity index (χ4n) is 1.86. The van der Waals surface area contributed by atoms with E-state index in [1.165, 1.54) is 10.4 Å². The Bertz CT molecular complexity index is 577. The Hall–Kier alpha value is -1.16. The maximum atomic E-state index is 4.21. The van der Waals surface area contributed by atoms with Crippen LogP contribution in [0.25, 0.3) is 0 Å². The zero-order valence-electron chi connectivity index (χ0n) is 12.5. The Morgan fingerprint density at radius 1 is 1.38 bits per heavy atom. The van der Waals surface area contributed by atoms with Gasteiger partial charge in [0.2, 0.25) is 0 Å². The minimum Gasteiger partial charge on any atom is -0.352 e. The first-order valence-corrected chi connectivity index (χ1v) is 7.45. The van der Waals surface area contributed by atoms with Gasteiger partial charge in [-0.05, 0) is 23.4 Å². The topological polar surface area (TPSA) is 67.1 Å². The molecule has 0 aromatic carbocycles. The molecule has 0 amide bonds. The SMILES string of the molecule is CCc1ccsc1CNC(=NC)NCc1ncnn1C.I. The number of hydrogen-bond donors (Lipinski definition) is 2. The fraction of sp³-hybridized carbons (Fsp3) is 0.462. The van der Waals surface area contributed by atoms with Crippen molar-refractivity contribution in [1.29, 1.82) is 0 Å². The van der Waals surface area contributed by atoms with E-state index in [2.05, 4.69) is 44.1 Å². The minimum absolute atomic E-state index is 0. The summed E-state index contributed by atoms with van der Waals surface area (Å²) in [6.07, 6.45) is 2.61. The summed E-state index contributed by atoms with van der Waals surface area (Å²) in [5.41, 5.74) is 1.39. The van der Waals surface area contributed by atoms with Gasteiger partial charge in [-0.15, -0.1) is 35.3 Å². The van der Waals surface area contributed by atoms with Gasteiger partial charge in [-0.2, -0.15) is 5.10 Å². The van der Waals surface area contributed by atoms with Gasteiger partial charge >= 0.3 is 0 Å². The Balaban J connectivity index is 0.00000220. The number of aromatic nitrogens is 3. The lowest BCUT2D eigenvalue weighted by molar-refractivity contribution is 0.673. The molecule has 0 aliphatic heterocycles. The number of aryl methyl sites for hydroxylation is 2. The maximum absolute atomic E-state index is 4.21. The molecule has 0 spiro atoms. The quantitative estimate of drug-likeness (QED) is 0.441. The van der Waals surface area contributed by atoms with E-state index in [-0.39, 0.29) is 24.0 Å². The zero-order valence-corrected chi connectivity index (χ0v) is 15.6. The van der Waals surface area contributed by atoms with E-state index in [0.717, 1.165) is 24.7 Å². The summed E-state index contributed by atoms with van der Waals surface area (Å²) in [5.74, 6) is 1.64. The van der Waals surface area contributed by atoms with Crippen LogP contribution in [0.3, 0.4) is 0 Å². The summed E-state index contributed by atoms with van der Waals surface area (Å²) in [6.45, 7) is 3.56. The molecular formula is C13H21IN6S. The highest BCUT2D eigenvalue weighted by Crippen LogP contribution is 2.16. The first kappa shape index (κ1) is 17.9. The second-order valence-corrected chi connectivity index (χ2v) is 5.30. The molecule has 2 rings (SSSR count). The summed E-state index contributed by atoms with van der Waals surface area (Å²) in [7, 11) is 3.64. The number of aliphatic imine (C=N–C) groups is 1. The van der Waals surface area contributed by atoms with Crippen molar-refractivity contribution in [3.8, 4) is 0 Å². The van der Waals surface area contributed by atoms with E-state index >= 15 is 0 Å². The van der Waals surface area contributed by atoms with Gasteiger partial charge in [0.15, 0.2) is 5.96 Å². The summed E-state index contributed by atoms with van der Waals surface area (Å²) < 4.78 is 1.74. The van der Waals surface area contributed by atoms with Gasteiger partial charge < -0.3 is 10.6 Å². The van der Waals surface area contributed by atoms with E-state index < -0.39 is 0 Å². The highest BCUT2D eigenvalue weighted by atomic mass is 127. The van der Waals surface area contributed by atoms with E-state index in [4.69, 9.17) is 0 Å². The summed E-state index contributed by atoms with van der Waals surface area (Å²) in [4.78, 5) is 9.74. The van der Waals surface area contributed by atoms with Crippen molar-refractivity contribution < 1.29 is 0 Å². The highest BCUT2D eigenvalue weighted by molar-refractivity contribution is 14.0. The summed E-state index contributed by atoms with van der Waals surface area (Å²) in [5, 5.41) is 12.7. The molecule has 0 bridgehead atoms. The molecule has 0 atom stereocenters. The molecule has 0 aliphatic carbocycles. The highest BCUT2D eigenvalue weighted by Gasteiger charge is 2.05. The van der Waals surface area contributed by atoms with E-state index in [9.17, 15) is 0 Å². The minimum atomic E-state index is 0. The van der Waals surface area contributed by atoms with Crippen LogP contribution in [0.4, 0.5) is 0 Å². The van der Waals surface area contributed by atoms with Crippen molar-refractivity contribution in [2.75, 3.05) is 7.05 Å². The first-order valence-electron chi connectivity index (χ1n) is 6.57. The number of nitrogens with one attached hydrogen (secondary N) is 2. The normalized spacial score (nSPS) is 11.1. The molecule has 0 aliphatic rings. The molecule has 0 fully saturated rings. The lowest BCUT2D eigenvalue weighted by Crippen LogP contribution is -2.36. The zero-order chi connectivity index (χ0) is 14.4. The maximum Gasteiger partial charge on any atom is 0.191 e. The summed E-state index contributed by atoms with van der Waals surface area (Å²) >= 11 is 1.77. The number of rotatable bonds is 5. The third-order valence-electron chi connectivity index (χ3n) is 3.08. The Kier molecular flexibility index (Phi) is 7.65. The number of nitrogens with zero attached hydrogens (tertiary/aromatic N) is 4. The van der Waals surface area contributed by atoms with Gasteiger partial charge in [-0.1, -0.05) is 6.92 Å². The largest absolute Gasteiger partial charge is 0.352 e. The lowest BCUT2D eigenvalue weighted by Gasteiger charge is -2.11. The molecule has 116 valence electrons. The lowest BCUT2D eigenvalue weighted by atomic mass is 10.2. The monoisotopic (exact) mass is 420 g/mol. The second-order valence-electron chi connectivity index (χ2n) is 4.30. The molecule has 0 saturated heterocycles. The van der Waals surface area contributed by atoms with Gasteiger partial charge in [0.25, 0.3) is 0 Å². The predicted molar refractivity (Wildman–Crippen MR) is 97.2 cm³/mol. The smallest absolute Gasteiger partial charge is 0.191 e. The molecule has 0 radical (unpaired) electrons. The molecule has 0 saturated carbocycles. The first-order chi connectivity index (χ1) is 9.74. The van der Waals surface area contributed by atoms with Crippen LogP contribution >= 0.6 is 35.3 Å². The predicted octanol–water partition coefficient (Wildman–Crippen LogP) is 1.92. The van der Waals surface area contributed by atoms with Crippen LogP contribution in [-0.2, 0) is 26.6 Å². The fourth-order valence-corrected chi connectivity index (χ4v) is 2.78. The number of guanidine groups is 1.